The Morgan fingerprint density at radius 1 is 1.42 bits per heavy atom. The van der Waals surface area contributed by atoms with Crippen LogP contribution in [-0.4, -0.2) is 17.6 Å². The summed E-state index contributed by atoms with van der Waals surface area (Å²) in [6.07, 6.45) is 3.25. The predicted molar refractivity (Wildman–Crippen MR) is 76.4 cm³/mol. The van der Waals surface area contributed by atoms with Crippen molar-refractivity contribution >= 4 is 29.1 Å². The molecule has 1 aliphatic rings. The van der Waals surface area contributed by atoms with Crippen LogP contribution in [0.1, 0.15) is 37.4 Å². The second kappa shape index (κ2) is 6.60. The average molecular weight is 302 g/mol. The summed E-state index contributed by atoms with van der Waals surface area (Å²) in [6, 6.07) is 4.92. The summed E-state index contributed by atoms with van der Waals surface area (Å²) < 4.78 is 0. The molecule has 0 saturated heterocycles. The number of amides is 1. The highest BCUT2D eigenvalue weighted by molar-refractivity contribution is 6.35. The van der Waals surface area contributed by atoms with E-state index in [-0.39, 0.29) is 12.5 Å². The molecule has 1 saturated carbocycles. The van der Waals surface area contributed by atoms with Gasteiger partial charge in [0, 0.05) is 28.6 Å². The van der Waals surface area contributed by atoms with Crippen molar-refractivity contribution in [3.05, 3.63) is 33.8 Å². The number of benzene rings is 1. The number of halogens is 2. The van der Waals surface area contributed by atoms with Crippen molar-refractivity contribution in [1.29, 1.82) is 0 Å². The van der Waals surface area contributed by atoms with E-state index in [9.17, 15) is 9.90 Å². The molecule has 0 heterocycles. The maximum Gasteiger partial charge on any atom is 0.220 e. The fourth-order valence-electron chi connectivity index (χ4n) is 2.12. The van der Waals surface area contributed by atoms with Crippen LogP contribution in [0.4, 0.5) is 0 Å². The van der Waals surface area contributed by atoms with E-state index in [2.05, 4.69) is 5.32 Å². The summed E-state index contributed by atoms with van der Waals surface area (Å²) >= 11 is 11.8. The average Bonchev–Trinajstić information content (AvgIpc) is 2.31. The Morgan fingerprint density at radius 3 is 2.74 bits per heavy atom. The third-order valence-corrected chi connectivity index (χ3v) is 4.08. The Balaban J connectivity index is 1.82. The lowest BCUT2D eigenvalue weighted by Crippen LogP contribution is -2.31. The van der Waals surface area contributed by atoms with Crippen LogP contribution in [0.25, 0.3) is 0 Å². The first kappa shape index (κ1) is 14.6. The maximum atomic E-state index is 11.6. The summed E-state index contributed by atoms with van der Waals surface area (Å²) in [5.74, 6) is 0.519. The van der Waals surface area contributed by atoms with E-state index >= 15 is 0 Å². The number of rotatable bonds is 5. The molecule has 2 N–H and O–H groups in total. The number of hydrogen-bond acceptors (Lipinski definition) is 2. The maximum absolute atomic E-state index is 11.6. The monoisotopic (exact) mass is 301 g/mol. The Labute approximate surface area is 122 Å². The van der Waals surface area contributed by atoms with Crippen LogP contribution in [0.5, 0.6) is 0 Å². The van der Waals surface area contributed by atoms with E-state index in [1.807, 2.05) is 0 Å². The minimum Gasteiger partial charge on any atom is -0.387 e. The second-order valence-corrected chi connectivity index (χ2v) is 5.83. The number of hydrogen-bond donors (Lipinski definition) is 2. The van der Waals surface area contributed by atoms with E-state index in [1.54, 1.807) is 18.2 Å². The summed E-state index contributed by atoms with van der Waals surface area (Å²) in [4.78, 5) is 11.6. The summed E-state index contributed by atoms with van der Waals surface area (Å²) in [7, 11) is 0. The Morgan fingerprint density at radius 2 is 2.16 bits per heavy atom. The fourth-order valence-corrected chi connectivity index (χ4v) is 2.66. The molecule has 1 aromatic rings. The molecule has 0 radical (unpaired) electrons. The van der Waals surface area contributed by atoms with Gasteiger partial charge in [0.05, 0.1) is 6.10 Å². The zero-order chi connectivity index (χ0) is 13.8. The summed E-state index contributed by atoms with van der Waals surface area (Å²) in [5.41, 5.74) is 0.579. The first-order valence-electron chi connectivity index (χ1n) is 6.46. The van der Waals surface area contributed by atoms with Crippen molar-refractivity contribution in [2.75, 3.05) is 6.54 Å². The molecule has 0 aliphatic heterocycles. The largest absolute Gasteiger partial charge is 0.387 e. The number of aliphatic hydroxyl groups is 1. The van der Waals surface area contributed by atoms with Crippen LogP contribution in [-0.2, 0) is 4.79 Å². The van der Waals surface area contributed by atoms with Gasteiger partial charge in [-0.2, -0.15) is 0 Å². The van der Waals surface area contributed by atoms with E-state index in [0.717, 1.165) is 12.8 Å². The van der Waals surface area contributed by atoms with Crippen LogP contribution >= 0.6 is 23.2 Å². The number of carbonyl (C=O) groups is 1. The van der Waals surface area contributed by atoms with Gasteiger partial charge in [-0.1, -0.05) is 35.7 Å². The van der Waals surface area contributed by atoms with E-state index in [1.165, 1.54) is 6.42 Å². The molecule has 3 nitrogen and oxygen atoms in total. The molecule has 0 aromatic heterocycles. The van der Waals surface area contributed by atoms with Gasteiger partial charge in [0.15, 0.2) is 0 Å². The number of nitrogens with one attached hydrogen (secondary N) is 1. The molecular weight excluding hydrogens is 285 g/mol. The highest BCUT2D eigenvalue weighted by Gasteiger charge is 2.21. The van der Waals surface area contributed by atoms with Gasteiger partial charge in [-0.05, 0) is 30.9 Å². The topological polar surface area (TPSA) is 49.3 Å². The molecule has 0 bridgehead atoms. The van der Waals surface area contributed by atoms with Crippen LogP contribution < -0.4 is 5.32 Å². The van der Waals surface area contributed by atoms with Crippen molar-refractivity contribution in [2.24, 2.45) is 5.92 Å². The molecule has 5 heteroatoms. The van der Waals surface area contributed by atoms with Crippen LogP contribution in [0.2, 0.25) is 10.0 Å². The molecule has 1 fully saturated rings. The van der Waals surface area contributed by atoms with Crippen molar-refractivity contribution in [1.82, 2.24) is 5.32 Å². The zero-order valence-corrected chi connectivity index (χ0v) is 12.0. The summed E-state index contributed by atoms with van der Waals surface area (Å²) in [5, 5.41) is 13.7. The smallest absolute Gasteiger partial charge is 0.220 e. The van der Waals surface area contributed by atoms with Gasteiger partial charge in [0.25, 0.3) is 0 Å². The first-order valence-corrected chi connectivity index (χ1v) is 7.21. The van der Waals surface area contributed by atoms with E-state index in [0.29, 0.717) is 27.9 Å². The lowest BCUT2D eigenvalue weighted by atomic mass is 9.83. The van der Waals surface area contributed by atoms with Gasteiger partial charge in [0.1, 0.15) is 0 Å². The Bertz CT molecular complexity index is 461. The normalized spacial score (nSPS) is 16.8. The number of carbonyl (C=O) groups excluding carboxylic acids is 1. The third-order valence-electron chi connectivity index (χ3n) is 3.51. The van der Waals surface area contributed by atoms with Crippen molar-refractivity contribution in [2.45, 2.75) is 31.8 Å². The summed E-state index contributed by atoms with van der Waals surface area (Å²) in [6.45, 7) is 0.174. The van der Waals surface area contributed by atoms with E-state index in [4.69, 9.17) is 23.2 Å². The highest BCUT2D eigenvalue weighted by Crippen LogP contribution is 2.29. The molecule has 104 valence electrons. The van der Waals surface area contributed by atoms with Gasteiger partial charge in [-0.3, -0.25) is 4.79 Å². The lowest BCUT2D eigenvalue weighted by Gasteiger charge is -2.24. The Hall–Kier alpha value is -0.770. The highest BCUT2D eigenvalue weighted by atomic mass is 35.5. The number of aliphatic hydroxyl groups excluding tert-OH is 1. The molecule has 1 aliphatic carbocycles. The molecular formula is C14H17Cl2NO2. The molecule has 0 spiro atoms. The van der Waals surface area contributed by atoms with Crippen LogP contribution in [0.3, 0.4) is 0 Å². The van der Waals surface area contributed by atoms with E-state index < -0.39 is 6.10 Å². The van der Waals surface area contributed by atoms with Crippen LogP contribution in [0, 0.1) is 5.92 Å². The third kappa shape index (κ3) is 4.10. The van der Waals surface area contributed by atoms with Gasteiger partial charge >= 0.3 is 0 Å². The quantitative estimate of drug-likeness (QED) is 0.876. The molecule has 2 rings (SSSR count). The lowest BCUT2D eigenvalue weighted by molar-refractivity contribution is -0.123. The molecule has 1 amide bonds. The molecule has 1 atom stereocenters. The van der Waals surface area contributed by atoms with Crippen molar-refractivity contribution < 1.29 is 9.90 Å². The van der Waals surface area contributed by atoms with Gasteiger partial charge in [0.2, 0.25) is 5.91 Å². The van der Waals surface area contributed by atoms with Crippen molar-refractivity contribution in [3.63, 3.8) is 0 Å². The molecule has 1 aromatic carbocycles. The fraction of sp³-hybridized carbons (Fsp3) is 0.500. The van der Waals surface area contributed by atoms with Gasteiger partial charge in [-0.25, -0.2) is 0 Å². The standard InChI is InChI=1S/C14H17Cl2NO2/c15-10-4-5-11(12(16)7-10)13(18)8-17-14(19)6-9-2-1-3-9/h4-5,7,9,13,18H,1-3,6,8H2,(H,17,19). The Kier molecular flexibility index (Phi) is 5.08. The minimum atomic E-state index is -0.810. The molecule has 19 heavy (non-hydrogen) atoms. The SMILES string of the molecule is O=C(CC1CCC1)NCC(O)c1ccc(Cl)cc1Cl. The first-order chi connectivity index (χ1) is 9.06. The van der Waals surface area contributed by atoms with Crippen molar-refractivity contribution in [3.8, 4) is 0 Å². The molecule has 1 unspecified atom stereocenters. The zero-order valence-electron chi connectivity index (χ0n) is 10.5. The second-order valence-electron chi connectivity index (χ2n) is 4.99. The predicted octanol–water partition coefficient (Wildman–Crippen LogP) is 3.33. The minimum absolute atomic E-state index is 0.00571. The van der Waals surface area contributed by atoms with Gasteiger partial charge < -0.3 is 10.4 Å². The van der Waals surface area contributed by atoms with Gasteiger partial charge in [-0.15, -0.1) is 0 Å². The van der Waals surface area contributed by atoms with Crippen LogP contribution in [0.15, 0.2) is 18.2 Å².